The SMILES string of the molecule is Cc1cccc(C)c1N=Cc1ccccn1.[Ni+2]. The topological polar surface area (TPSA) is 25.2 Å². The first kappa shape index (κ1) is 13.6. The summed E-state index contributed by atoms with van der Waals surface area (Å²) < 4.78 is 0. The molecule has 0 atom stereocenters. The van der Waals surface area contributed by atoms with E-state index < -0.39 is 0 Å². The van der Waals surface area contributed by atoms with Crippen molar-refractivity contribution in [3.63, 3.8) is 0 Å². The van der Waals surface area contributed by atoms with Gasteiger partial charge in [0.25, 0.3) is 0 Å². The molecular formula is C14H14N2Ni+2. The van der Waals surface area contributed by atoms with Crippen LogP contribution >= 0.6 is 0 Å². The largest absolute Gasteiger partial charge is 2.00 e. The van der Waals surface area contributed by atoms with E-state index in [0.717, 1.165) is 11.4 Å². The molecule has 0 N–H and O–H groups in total. The molecule has 0 unspecified atom stereocenters. The zero-order valence-electron chi connectivity index (χ0n) is 9.83. The summed E-state index contributed by atoms with van der Waals surface area (Å²) in [5.74, 6) is 0. The normalized spacial score (nSPS) is 10.2. The second kappa shape index (κ2) is 6.31. The maximum absolute atomic E-state index is 4.49. The molecule has 0 aliphatic heterocycles. The van der Waals surface area contributed by atoms with E-state index in [1.807, 2.05) is 24.3 Å². The summed E-state index contributed by atoms with van der Waals surface area (Å²) in [4.78, 5) is 8.69. The molecule has 3 heteroatoms. The molecule has 88 valence electrons. The summed E-state index contributed by atoms with van der Waals surface area (Å²) in [6, 6.07) is 12.0. The van der Waals surface area contributed by atoms with Gasteiger partial charge in [0.1, 0.15) is 0 Å². The molecule has 0 aliphatic rings. The average Bonchev–Trinajstić information content (AvgIpc) is 2.30. The van der Waals surface area contributed by atoms with Gasteiger partial charge in [-0.05, 0) is 37.1 Å². The number of hydrogen-bond donors (Lipinski definition) is 0. The molecule has 0 radical (unpaired) electrons. The fraction of sp³-hybridized carbons (Fsp3) is 0.143. The molecule has 1 aromatic heterocycles. The number of pyridine rings is 1. The maximum atomic E-state index is 4.49. The fourth-order valence-corrected chi connectivity index (χ4v) is 1.59. The minimum atomic E-state index is 0. The third kappa shape index (κ3) is 3.50. The Morgan fingerprint density at radius 3 is 2.29 bits per heavy atom. The van der Waals surface area contributed by atoms with Crippen molar-refractivity contribution in [2.24, 2.45) is 4.99 Å². The van der Waals surface area contributed by atoms with Crippen LogP contribution in [0.1, 0.15) is 16.8 Å². The zero-order valence-corrected chi connectivity index (χ0v) is 10.8. The minimum absolute atomic E-state index is 0. The van der Waals surface area contributed by atoms with Gasteiger partial charge in [-0.25, -0.2) is 0 Å². The summed E-state index contributed by atoms with van der Waals surface area (Å²) in [5, 5.41) is 0. The average molecular weight is 269 g/mol. The molecule has 0 bridgehead atoms. The first-order valence-corrected chi connectivity index (χ1v) is 5.28. The van der Waals surface area contributed by atoms with Crippen molar-refractivity contribution in [2.75, 3.05) is 0 Å². The summed E-state index contributed by atoms with van der Waals surface area (Å²) in [6.45, 7) is 4.14. The minimum Gasteiger partial charge on any atom is -0.255 e. The van der Waals surface area contributed by atoms with Gasteiger partial charge < -0.3 is 0 Å². The van der Waals surface area contributed by atoms with E-state index in [1.54, 1.807) is 12.4 Å². The molecule has 0 amide bonds. The first-order valence-electron chi connectivity index (χ1n) is 5.28. The van der Waals surface area contributed by atoms with Crippen molar-refractivity contribution >= 4 is 11.9 Å². The predicted octanol–water partition coefficient (Wildman–Crippen LogP) is 3.45. The predicted molar refractivity (Wildman–Crippen MR) is 67.4 cm³/mol. The van der Waals surface area contributed by atoms with Crippen LogP contribution in [0.5, 0.6) is 0 Å². The van der Waals surface area contributed by atoms with Gasteiger partial charge >= 0.3 is 16.5 Å². The Bertz CT molecular complexity index is 487. The van der Waals surface area contributed by atoms with Crippen LogP contribution < -0.4 is 0 Å². The Labute approximate surface area is 112 Å². The third-order valence-electron chi connectivity index (χ3n) is 2.45. The summed E-state index contributed by atoms with van der Waals surface area (Å²) in [6.07, 6.45) is 3.57. The molecule has 0 fully saturated rings. The van der Waals surface area contributed by atoms with Crippen LogP contribution in [-0.2, 0) is 16.5 Å². The zero-order chi connectivity index (χ0) is 11.4. The fourth-order valence-electron chi connectivity index (χ4n) is 1.59. The number of aryl methyl sites for hydroxylation is 2. The number of aliphatic imine (C=N–C) groups is 1. The van der Waals surface area contributed by atoms with Crippen LogP contribution in [0, 0.1) is 13.8 Å². The molecule has 0 spiro atoms. The van der Waals surface area contributed by atoms with Crippen LogP contribution in [0.25, 0.3) is 0 Å². The Hall–Kier alpha value is -1.47. The second-order valence-electron chi connectivity index (χ2n) is 3.75. The number of hydrogen-bond acceptors (Lipinski definition) is 2. The van der Waals surface area contributed by atoms with Gasteiger partial charge in [0.15, 0.2) is 0 Å². The molecule has 1 heterocycles. The molecule has 2 nitrogen and oxygen atoms in total. The third-order valence-corrected chi connectivity index (χ3v) is 2.45. The van der Waals surface area contributed by atoms with Gasteiger partial charge in [-0.15, -0.1) is 0 Å². The van der Waals surface area contributed by atoms with Crippen molar-refractivity contribution in [1.29, 1.82) is 0 Å². The number of benzene rings is 1. The quantitative estimate of drug-likeness (QED) is 0.605. The monoisotopic (exact) mass is 268 g/mol. The Kier molecular flexibility index (Phi) is 5.05. The molecule has 0 saturated heterocycles. The van der Waals surface area contributed by atoms with E-state index in [9.17, 15) is 0 Å². The molecule has 2 aromatic rings. The molecule has 17 heavy (non-hydrogen) atoms. The number of para-hydroxylation sites is 1. The number of nitrogens with zero attached hydrogens (tertiary/aromatic N) is 2. The first-order chi connectivity index (χ1) is 7.77. The van der Waals surface area contributed by atoms with Gasteiger partial charge in [0.05, 0.1) is 17.6 Å². The van der Waals surface area contributed by atoms with Crippen molar-refractivity contribution in [3.8, 4) is 0 Å². The smallest absolute Gasteiger partial charge is 0.255 e. The maximum Gasteiger partial charge on any atom is 2.00 e. The van der Waals surface area contributed by atoms with Crippen LogP contribution in [0.3, 0.4) is 0 Å². The van der Waals surface area contributed by atoms with Crippen molar-refractivity contribution in [2.45, 2.75) is 13.8 Å². The van der Waals surface area contributed by atoms with E-state index in [1.165, 1.54) is 11.1 Å². The van der Waals surface area contributed by atoms with E-state index in [4.69, 9.17) is 0 Å². The molecule has 0 saturated carbocycles. The van der Waals surface area contributed by atoms with E-state index >= 15 is 0 Å². The van der Waals surface area contributed by atoms with Crippen LogP contribution in [0.2, 0.25) is 0 Å². The van der Waals surface area contributed by atoms with Gasteiger partial charge in [-0.1, -0.05) is 24.3 Å². The summed E-state index contributed by atoms with van der Waals surface area (Å²) >= 11 is 0. The Morgan fingerprint density at radius 2 is 1.71 bits per heavy atom. The summed E-state index contributed by atoms with van der Waals surface area (Å²) in [7, 11) is 0. The number of rotatable bonds is 2. The van der Waals surface area contributed by atoms with Crippen molar-refractivity contribution in [3.05, 3.63) is 59.4 Å². The molecule has 1 aromatic carbocycles. The van der Waals surface area contributed by atoms with Gasteiger partial charge in [0, 0.05) is 6.20 Å². The summed E-state index contributed by atoms with van der Waals surface area (Å²) in [5.41, 5.74) is 4.29. The number of aromatic nitrogens is 1. The van der Waals surface area contributed by atoms with E-state index in [2.05, 4.69) is 36.0 Å². The molecular weight excluding hydrogens is 255 g/mol. The van der Waals surface area contributed by atoms with Crippen molar-refractivity contribution in [1.82, 2.24) is 4.98 Å². The van der Waals surface area contributed by atoms with E-state index in [-0.39, 0.29) is 16.5 Å². The van der Waals surface area contributed by atoms with Crippen LogP contribution in [0.15, 0.2) is 47.6 Å². The Morgan fingerprint density at radius 1 is 1.00 bits per heavy atom. The Balaban J connectivity index is 0.00000144. The van der Waals surface area contributed by atoms with Crippen LogP contribution in [0.4, 0.5) is 5.69 Å². The standard InChI is InChI=1S/C14H14N2.Ni/c1-11-6-5-7-12(2)14(11)16-10-13-8-3-4-9-15-13;/h3-10H,1-2H3;/q;+2. The molecule has 2 rings (SSSR count). The van der Waals surface area contributed by atoms with E-state index in [0.29, 0.717) is 0 Å². The van der Waals surface area contributed by atoms with Crippen molar-refractivity contribution < 1.29 is 16.5 Å². The second-order valence-corrected chi connectivity index (χ2v) is 3.75. The van der Waals surface area contributed by atoms with Gasteiger partial charge in [-0.2, -0.15) is 0 Å². The van der Waals surface area contributed by atoms with Crippen LogP contribution in [-0.4, -0.2) is 11.2 Å². The van der Waals surface area contributed by atoms with Gasteiger partial charge in [-0.3, -0.25) is 9.98 Å². The van der Waals surface area contributed by atoms with Gasteiger partial charge in [0.2, 0.25) is 0 Å². The molecule has 0 aliphatic carbocycles.